The van der Waals surface area contributed by atoms with Gasteiger partial charge in [-0.15, -0.1) is 10.2 Å². The molecule has 35 heavy (non-hydrogen) atoms. The highest BCUT2D eigenvalue weighted by molar-refractivity contribution is 5.84. The number of hydrogen-bond acceptors (Lipinski definition) is 6. The van der Waals surface area contributed by atoms with E-state index in [0.717, 1.165) is 4.57 Å². The summed E-state index contributed by atoms with van der Waals surface area (Å²) in [7, 11) is 1.55. The fraction of sp³-hybridized carbons (Fsp3) is 0.125. The van der Waals surface area contributed by atoms with Gasteiger partial charge in [0.25, 0.3) is 11.4 Å². The summed E-state index contributed by atoms with van der Waals surface area (Å²) in [6.07, 6.45) is -1.56. The maximum Gasteiger partial charge on any atom is 0.331 e. The molecule has 0 aliphatic rings. The third-order valence-corrected chi connectivity index (χ3v) is 5.53. The van der Waals surface area contributed by atoms with E-state index in [-0.39, 0.29) is 17.8 Å². The zero-order valence-corrected chi connectivity index (χ0v) is 18.2. The predicted molar refractivity (Wildman–Crippen MR) is 120 cm³/mol. The number of aryl methyl sites for hydroxylation is 1. The van der Waals surface area contributed by atoms with Gasteiger partial charge in [0.1, 0.15) is 5.82 Å². The largest absolute Gasteiger partial charge is 0.415 e. The lowest BCUT2D eigenvalue weighted by molar-refractivity contribution is 0.116. The second-order valence-electron chi connectivity index (χ2n) is 7.76. The number of fused-ring (bicyclic) bond motifs is 1. The zero-order valence-electron chi connectivity index (χ0n) is 18.2. The summed E-state index contributed by atoms with van der Waals surface area (Å²) in [6, 6.07) is 14.0. The highest BCUT2D eigenvalue weighted by Gasteiger charge is 2.18. The summed E-state index contributed by atoms with van der Waals surface area (Å²) >= 11 is 0. The fourth-order valence-corrected chi connectivity index (χ4v) is 3.75. The Bertz CT molecular complexity index is 1670. The number of hydrogen-bond donors (Lipinski definition) is 0. The highest BCUT2D eigenvalue weighted by atomic mass is 19.3. The molecule has 0 radical (unpaired) electrons. The lowest BCUT2D eigenvalue weighted by Crippen LogP contribution is -2.39. The molecule has 3 heterocycles. The Balaban J connectivity index is 1.52. The van der Waals surface area contributed by atoms with Crippen molar-refractivity contribution in [3.05, 3.63) is 99.0 Å². The van der Waals surface area contributed by atoms with Gasteiger partial charge < -0.3 is 4.42 Å². The van der Waals surface area contributed by atoms with Gasteiger partial charge in [-0.1, -0.05) is 18.2 Å². The van der Waals surface area contributed by atoms with E-state index in [1.165, 1.54) is 35.0 Å². The van der Waals surface area contributed by atoms with Gasteiger partial charge in [-0.3, -0.25) is 18.9 Å². The molecule has 11 heteroatoms. The molecule has 0 saturated carbocycles. The molecule has 0 unspecified atom stereocenters. The van der Waals surface area contributed by atoms with Crippen molar-refractivity contribution in [2.24, 2.45) is 7.05 Å². The van der Waals surface area contributed by atoms with Crippen molar-refractivity contribution in [3.8, 4) is 22.6 Å². The third kappa shape index (κ3) is 4.12. The number of halogens is 3. The van der Waals surface area contributed by atoms with Crippen LogP contribution in [-0.4, -0.2) is 24.3 Å². The van der Waals surface area contributed by atoms with Crippen LogP contribution in [0.15, 0.2) is 74.8 Å². The maximum absolute atomic E-state index is 13.7. The maximum atomic E-state index is 13.7. The van der Waals surface area contributed by atoms with Crippen molar-refractivity contribution in [2.45, 2.75) is 13.0 Å². The molecule has 0 bridgehead atoms. The predicted octanol–water partition coefficient (Wildman–Crippen LogP) is 3.94. The fourth-order valence-electron chi connectivity index (χ4n) is 3.75. The standard InChI is InChI=1S/C24H16F3N5O3/c1-31-19-8-6-14(13-3-2-4-16(25)9-13)10-18(19)23(33)32(24(31)34)12-17-7-5-15(11-28-17)21-29-30-22(35-21)20(26)27/h2-11,20H,12H2,1H3. The Kier molecular flexibility index (Phi) is 5.51. The van der Waals surface area contributed by atoms with Crippen LogP contribution in [0.25, 0.3) is 33.5 Å². The molecule has 8 nitrogen and oxygen atoms in total. The first kappa shape index (κ1) is 22.3. The summed E-state index contributed by atoms with van der Waals surface area (Å²) in [4.78, 5) is 30.4. The molecular weight excluding hydrogens is 463 g/mol. The van der Waals surface area contributed by atoms with Crippen LogP contribution in [0, 0.1) is 5.82 Å². The molecule has 0 N–H and O–H groups in total. The van der Waals surface area contributed by atoms with Gasteiger partial charge in [0.05, 0.1) is 28.7 Å². The van der Waals surface area contributed by atoms with Gasteiger partial charge in [-0.25, -0.2) is 9.18 Å². The molecule has 0 spiro atoms. The molecule has 0 amide bonds. The Morgan fingerprint density at radius 3 is 2.43 bits per heavy atom. The minimum atomic E-state index is -2.89. The van der Waals surface area contributed by atoms with Crippen LogP contribution in [0.2, 0.25) is 0 Å². The molecular formula is C24H16F3N5O3. The molecule has 0 aliphatic heterocycles. The van der Waals surface area contributed by atoms with Crippen molar-refractivity contribution in [3.63, 3.8) is 0 Å². The summed E-state index contributed by atoms with van der Waals surface area (Å²) in [5.74, 6) is -1.32. The summed E-state index contributed by atoms with van der Waals surface area (Å²) in [5, 5.41) is 7.13. The molecule has 5 rings (SSSR count). The van der Waals surface area contributed by atoms with Crippen LogP contribution in [-0.2, 0) is 13.6 Å². The molecule has 176 valence electrons. The Morgan fingerprint density at radius 2 is 1.74 bits per heavy atom. The van der Waals surface area contributed by atoms with Crippen LogP contribution < -0.4 is 11.2 Å². The van der Waals surface area contributed by atoms with Crippen molar-refractivity contribution in [1.29, 1.82) is 0 Å². The summed E-state index contributed by atoms with van der Waals surface area (Å²) in [5.41, 5.74) is 1.29. The van der Waals surface area contributed by atoms with E-state index in [1.54, 1.807) is 37.4 Å². The number of nitrogens with zero attached hydrogens (tertiary/aromatic N) is 5. The highest BCUT2D eigenvalue weighted by Crippen LogP contribution is 2.24. The van der Waals surface area contributed by atoms with Crippen molar-refractivity contribution in [1.82, 2.24) is 24.3 Å². The SMILES string of the molecule is Cn1c(=O)n(Cc2ccc(-c3nnc(C(F)F)o3)cn2)c(=O)c2cc(-c3cccc(F)c3)ccc21. The Hall–Kier alpha value is -4.54. The lowest BCUT2D eigenvalue weighted by atomic mass is 10.0. The van der Waals surface area contributed by atoms with E-state index in [2.05, 4.69) is 15.2 Å². The second kappa shape index (κ2) is 8.67. The smallest absolute Gasteiger partial charge is 0.331 e. The number of benzene rings is 2. The van der Waals surface area contributed by atoms with Gasteiger partial charge >= 0.3 is 12.1 Å². The number of rotatable bonds is 5. The second-order valence-corrected chi connectivity index (χ2v) is 7.76. The van der Waals surface area contributed by atoms with E-state index in [1.807, 2.05) is 0 Å². The lowest BCUT2D eigenvalue weighted by Gasteiger charge is -2.12. The average molecular weight is 479 g/mol. The third-order valence-electron chi connectivity index (χ3n) is 5.53. The molecule has 0 aliphatic carbocycles. The van der Waals surface area contributed by atoms with Crippen molar-refractivity contribution in [2.75, 3.05) is 0 Å². The molecule has 0 fully saturated rings. The molecule has 0 atom stereocenters. The van der Waals surface area contributed by atoms with E-state index in [9.17, 15) is 22.8 Å². The van der Waals surface area contributed by atoms with E-state index in [0.29, 0.717) is 27.9 Å². The topological polar surface area (TPSA) is 95.8 Å². The molecule has 3 aromatic heterocycles. The first-order valence-electron chi connectivity index (χ1n) is 10.4. The summed E-state index contributed by atoms with van der Waals surface area (Å²) in [6.45, 7) is -0.127. The molecule has 0 saturated heterocycles. The first-order chi connectivity index (χ1) is 16.8. The first-order valence-corrected chi connectivity index (χ1v) is 10.4. The number of pyridine rings is 1. The Labute approximate surface area is 194 Å². The normalized spacial score (nSPS) is 11.5. The van der Waals surface area contributed by atoms with Gasteiger partial charge in [-0.05, 0) is 47.5 Å². The van der Waals surface area contributed by atoms with E-state index in [4.69, 9.17) is 4.42 Å². The van der Waals surface area contributed by atoms with Crippen LogP contribution >= 0.6 is 0 Å². The minimum absolute atomic E-state index is 0.122. The zero-order chi connectivity index (χ0) is 24.7. The van der Waals surface area contributed by atoms with Gasteiger partial charge in [0.15, 0.2) is 0 Å². The summed E-state index contributed by atoms with van der Waals surface area (Å²) < 4.78 is 46.3. The van der Waals surface area contributed by atoms with Gasteiger partial charge in [0.2, 0.25) is 5.89 Å². The average Bonchev–Trinajstić information content (AvgIpc) is 3.36. The van der Waals surface area contributed by atoms with Crippen molar-refractivity contribution < 1.29 is 17.6 Å². The number of alkyl halides is 2. The molecule has 2 aromatic carbocycles. The molecule has 5 aromatic rings. The van der Waals surface area contributed by atoms with Crippen LogP contribution in [0.1, 0.15) is 18.0 Å². The monoisotopic (exact) mass is 479 g/mol. The Morgan fingerprint density at radius 1 is 0.971 bits per heavy atom. The van der Waals surface area contributed by atoms with Crippen LogP contribution in [0.4, 0.5) is 13.2 Å². The quantitative estimate of drug-likeness (QED) is 0.379. The van der Waals surface area contributed by atoms with Crippen LogP contribution in [0.5, 0.6) is 0 Å². The van der Waals surface area contributed by atoms with Crippen LogP contribution in [0.3, 0.4) is 0 Å². The number of aromatic nitrogens is 5. The van der Waals surface area contributed by atoms with Crippen molar-refractivity contribution >= 4 is 10.9 Å². The van der Waals surface area contributed by atoms with Gasteiger partial charge in [-0.2, -0.15) is 8.78 Å². The minimum Gasteiger partial charge on any atom is -0.415 e. The van der Waals surface area contributed by atoms with Gasteiger partial charge in [0, 0.05) is 13.2 Å². The van der Waals surface area contributed by atoms with E-state index < -0.39 is 29.4 Å². The van der Waals surface area contributed by atoms with E-state index >= 15 is 0 Å².